The highest BCUT2D eigenvalue weighted by Crippen LogP contribution is 2.33. The number of anilines is 1. The average molecular weight is 333 g/mol. The molecule has 1 fully saturated rings. The minimum absolute atomic E-state index is 0.0569. The molecule has 0 saturated carbocycles. The molecule has 1 unspecified atom stereocenters. The van der Waals surface area contributed by atoms with Crippen molar-refractivity contribution in [3.8, 4) is 0 Å². The van der Waals surface area contributed by atoms with Crippen LogP contribution in [0.1, 0.15) is 37.4 Å². The summed E-state index contributed by atoms with van der Waals surface area (Å²) in [6.07, 6.45) is 2.70. The molecule has 0 N–H and O–H groups in total. The van der Waals surface area contributed by atoms with Crippen LogP contribution in [0.2, 0.25) is 0 Å². The normalized spacial score (nSPS) is 18.4. The van der Waals surface area contributed by atoms with Gasteiger partial charge in [0.25, 0.3) is 0 Å². The van der Waals surface area contributed by atoms with E-state index >= 15 is 0 Å². The minimum Gasteiger partial charge on any atom is -0.466 e. The highest BCUT2D eigenvalue weighted by molar-refractivity contribution is 7.18. The number of rotatable bonds is 4. The molecule has 5 nitrogen and oxygen atoms in total. The summed E-state index contributed by atoms with van der Waals surface area (Å²) in [5.74, 6) is 1.70. The first-order chi connectivity index (χ1) is 11.1. The van der Waals surface area contributed by atoms with Gasteiger partial charge in [0.15, 0.2) is 0 Å². The number of hydrogen-bond donors (Lipinski definition) is 0. The zero-order valence-corrected chi connectivity index (χ0v) is 14.8. The second-order valence-electron chi connectivity index (χ2n) is 5.93. The predicted molar refractivity (Wildman–Crippen MR) is 93.1 cm³/mol. The van der Waals surface area contributed by atoms with Gasteiger partial charge in [0.05, 0.1) is 17.9 Å². The number of aryl methyl sites for hydroxylation is 2. The lowest BCUT2D eigenvalue weighted by Gasteiger charge is -2.32. The molecule has 3 rings (SSSR count). The molecule has 6 heteroatoms. The van der Waals surface area contributed by atoms with Crippen LogP contribution < -0.4 is 4.90 Å². The van der Waals surface area contributed by atoms with Crippen molar-refractivity contribution in [2.75, 3.05) is 24.6 Å². The van der Waals surface area contributed by atoms with Crippen molar-refractivity contribution in [1.29, 1.82) is 0 Å². The molecular formula is C17H23N3O2S. The Kier molecular flexibility index (Phi) is 4.80. The third kappa shape index (κ3) is 3.32. The summed E-state index contributed by atoms with van der Waals surface area (Å²) < 4.78 is 5.21. The zero-order chi connectivity index (χ0) is 16.4. The minimum atomic E-state index is -0.0836. The van der Waals surface area contributed by atoms with E-state index in [1.807, 2.05) is 6.92 Å². The van der Waals surface area contributed by atoms with Crippen LogP contribution in [0.4, 0.5) is 5.82 Å². The number of esters is 1. The van der Waals surface area contributed by atoms with E-state index < -0.39 is 0 Å². The molecule has 0 aromatic carbocycles. The fourth-order valence-corrected chi connectivity index (χ4v) is 3.98. The maximum atomic E-state index is 12.1. The third-order valence-corrected chi connectivity index (χ3v) is 5.14. The number of carbonyl (C=O) groups excluding carboxylic acids is 1. The van der Waals surface area contributed by atoms with Crippen LogP contribution in [-0.2, 0) is 16.0 Å². The topological polar surface area (TPSA) is 55.3 Å². The monoisotopic (exact) mass is 333 g/mol. The van der Waals surface area contributed by atoms with Gasteiger partial charge in [-0.3, -0.25) is 4.79 Å². The number of fused-ring (bicyclic) bond motifs is 1. The Morgan fingerprint density at radius 2 is 2.26 bits per heavy atom. The Balaban J connectivity index is 1.93. The van der Waals surface area contributed by atoms with Gasteiger partial charge in [0.1, 0.15) is 16.5 Å². The van der Waals surface area contributed by atoms with E-state index in [4.69, 9.17) is 9.72 Å². The molecule has 2 aromatic heterocycles. The fourth-order valence-electron chi connectivity index (χ4n) is 3.09. The smallest absolute Gasteiger partial charge is 0.310 e. The largest absolute Gasteiger partial charge is 0.466 e. The first-order valence-electron chi connectivity index (χ1n) is 8.31. The average Bonchev–Trinajstić information content (AvgIpc) is 2.94. The molecule has 0 aliphatic carbocycles. The molecule has 1 atom stereocenters. The van der Waals surface area contributed by atoms with Crippen molar-refractivity contribution in [2.24, 2.45) is 5.92 Å². The molecular weight excluding hydrogens is 310 g/mol. The number of ether oxygens (including phenoxy) is 1. The van der Waals surface area contributed by atoms with Crippen molar-refractivity contribution in [2.45, 2.75) is 40.0 Å². The van der Waals surface area contributed by atoms with Crippen molar-refractivity contribution >= 4 is 33.3 Å². The van der Waals surface area contributed by atoms with Gasteiger partial charge in [-0.25, -0.2) is 9.97 Å². The van der Waals surface area contributed by atoms with Crippen molar-refractivity contribution < 1.29 is 9.53 Å². The highest BCUT2D eigenvalue weighted by Gasteiger charge is 2.29. The lowest BCUT2D eigenvalue weighted by molar-refractivity contribution is -0.148. The summed E-state index contributed by atoms with van der Waals surface area (Å²) in [6, 6.07) is 2.16. The molecule has 0 radical (unpaired) electrons. The van der Waals surface area contributed by atoms with E-state index in [1.165, 1.54) is 4.88 Å². The summed E-state index contributed by atoms with van der Waals surface area (Å²) in [7, 11) is 0. The van der Waals surface area contributed by atoms with Crippen LogP contribution in [0.25, 0.3) is 10.2 Å². The lowest BCUT2D eigenvalue weighted by Crippen LogP contribution is -2.40. The number of aromatic nitrogens is 2. The van der Waals surface area contributed by atoms with E-state index in [9.17, 15) is 4.79 Å². The quantitative estimate of drug-likeness (QED) is 0.803. The Morgan fingerprint density at radius 3 is 3.00 bits per heavy atom. The van der Waals surface area contributed by atoms with Gasteiger partial charge >= 0.3 is 5.97 Å². The van der Waals surface area contributed by atoms with Crippen molar-refractivity contribution in [3.05, 3.63) is 16.8 Å². The zero-order valence-electron chi connectivity index (χ0n) is 14.0. The molecule has 0 amide bonds. The van der Waals surface area contributed by atoms with Crippen LogP contribution in [0.3, 0.4) is 0 Å². The number of piperidine rings is 1. The van der Waals surface area contributed by atoms with Gasteiger partial charge < -0.3 is 9.64 Å². The Morgan fingerprint density at radius 1 is 1.43 bits per heavy atom. The van der Waals surface area contributed by atoms with Crippen molar-refractivity contribution in [1.82, 2.24) is 9.97 Å². The predicted octanol–water partition coefficient (Wildman–Crippen LogP) is 3.34. The summed E-state index contributed by atoms with van der Waals surface area (Å²) >= 11 is 1.71. The molecule has 0 bridgehead atoms. The first kappa shape index (κ1) is 16.2. The molecule has 23 heavy (non-hydrogen) atoms. The van der Waals surface area contributed by atoms with Gasteiger partial charge in [0.2, 0.25) is 0 Å². The van der Waals surface area contributed by atoms with Crippen LogP contribution in [0, 0.1) is 12.8 Å². The van der Waals surface area contributed by atoms with Crippen LogP contribution in [0.5, 0.6) is 0 Å². The first-order valence-corrected chi connectivity index (χ1v) is 9.12. The van der Waals surface area contributed by atoms with Crippen LogP contribution in [-0.4, -0.2) is 35.6 Å². The summed E-state index contributed by atoms with van der Waals surface area (Å²) in [4.78, 5) is 26.0. The fraction of sp³-hybridized carbons (Fsp3) is 0.588. The molecule has 124 valence electrons. The number of hydrogen-bond acceptors (Lipinski definition) is 6. The van der Waals surface area contributed by atoms with E-state index in [0.29, 0.717) is 13.2 Å². The van der Waals surface area contributed by atoms with Crippen LogP contribution >= 0.6 is 11.3 Å². The van der Waals surface area contributed by atoms with Gasteiger partial charge in [-0.05, 0) is 32.8 Å². The second-order valence-corrected chi connectivity index (χ2v) is 7.16. The van der Waals surface area contributed by atoms with E-state index in [0.717, 1.165) is 47.7 Å². The van der Waals surface area contributed by atoms with Crippen molar-refractivity contribution in [3.63, 3.8) is 0 Å². The van der Waals surface area contributed by atoms with Gasteiger partial charge in [-0.2, -0.15) is 0 Å². The Bertz CT molecular complexity index is 713. The SMILES string of the molecule is CCOC(=O)C1CCCN(c2nc(CC)nc3sc(C)cc23)C1. The summed E-state index contributed by atoms with van der Waals surface area (Å²) in [5, 5.41) is 1.11. The van der Waals surface area contributed by atoms with Gasteiger partial charge in [0, 0.05) is 24.4 Å². The van der Waals surface area contributed by atoms with Gasteiger partial charge in [-0.15, -0.1) is 11.3 Å². The van der Waals surface area contributed by atoms with E-state index in [1.54, 1.807) is 11.3 Å². The molecule has 0 spiro atoms. The molecule has 1 aliphatic heterocycles. The third-order valence-electron chi connectivity index (χ3n) is 4.20. The molecule has 1 saturated heterocycles. The number of carbonyl (C=O) groups is 1. The number of thiophene rings is 1. The molecule has 3 heterocycles. The lowest BCUT2D eigenvalue weighted by atomic mass is 9.98. The van der Waals surface area contributed by atoms with Crippen LogP contribution in [0.15, 0.2) is 6.07 Å². The Labute approximate surface area is 140 Å². The Hall–Kier alpha value is -1.69. The number of nitrogens with zero attached hydrogens (tertiary/aromatic N) is 3. The second kappa shape index (κ2) is 6.83. The summed E-state index contributed by atoms with van der Waals surface area (Å²) in [5.41, 5.74) is 0. The molecule has 2 aromatic rings. The maximum Gasteiger partial charge on any atom is 0.310 e. The van der Waals surface area contributed by atoms with E-state index in [-0.39, 0.29) is 11.9 Å². The van der Waals surface area contributed by atoms with Gasteiger partial charge in [-0.1, -0.05) is 6.92 Å². The standard InChI is InChI=1S/C17H23N3O2S/c1-4-14-18-15(13-9-11(3)23-16(13)19-14)20-8-6-7-12(10-20)17(21)22-5-2/h9,12H,4-8,10H2,1-3H3. The highest BCUT2D eigenvalue weighted by atomic mass is 32.1. The molecule has 1 aliphatic rings. The summed E-state index contributed by atoms with van der Waals surface area (Å²) in [6.45, 7) is 8.08. The maximum absolute atomic E-state index is 12.1. The van der Waals surface area contributed by atoms with E-state index in [2.05, 4.69) is 29.8 Å².